The van der Waals surface area contributed by atoms with Crippen LogP contribution in [-0.2, 0) is 6.42 Å². The first kappa shape index (κ1) is 14.0. The molecule has 1 N–H and O–H groups in total. The minimum Gasteiger partial charge on any atom is -0.493 e. The van der Waals surface area contributed by atoms with Gasteiger partial charge in [-0.15, -0.1) is 0 Å². The maximum Gasteiger partial charge on any atom is 0.125 e. The molecule has 0 unspecified atom stereocenters. The predicted octanol–water partition coefficient (Wildman–Crippen LogP) is 3.52. The van der Waals surface area contributed by atoms with Gasteiger partial charge in [0.1, 0.15) is 5.75 Å². The highest BCUT2D eigenvalue weighted by molar-refractivity contribution is 9.10. The van der Waals surface area contributed by atoms with Crippen LogP contribution in [0.3, 0.4) is 0 Å². The fourth-order valence-electron chi connectivity index (χ4n) is 1.81. The highest BCUT2D eigenvalue weighted by Gasteiger charge is 2.09. The zero-order chi connectivity index (χ0) is 13.7. The second-order valence-corrected chi connectivity index (χ2v) is 5.23. The highest BCUT2D eigenvalue weighted by Crippen LogP contribution is 2.28. The van der Waals surface area contributed by atoms with Gasteiger partial charge in [0, 0.05) is 28.9 Å². The van der Waals surface area contributed by atoms with E-state index in [1.54, 1.807) is 19.3 Å². The van der Waals surface area contributed by atoms with Crippen molar-refractivity contribution in [3.8, 4) is 5.75 Å². The van der Waals surface area contributed by atoms with Crippen molar-refractivity contribution in [2.45, 2.75) is 19.4 Å². The molecule has 0 radical (unpaired) electrons. The Kier molecular flexibility index (Phi) is 4.93. The van der Waals surface area contributed by atoms with Crippen molar-refractivity contribution in [2.24, 2.45) is 0 Å². The molecule has 0 aliphatic heterocycles. The van der Waals surface area contributed by atoms with Crippen LogP contribution >= 0.6 is 15.9 Å². The van der Waals surface area contributed by atoms with Gasteiger partial charge in [0.2, 0.25) is 0 Å². The molecule has 0 fully saturated rings. The summed E-state index contributed by atoms with van der Waals surface area (Å²) in [6.45, 7) is 2.31. The van der Waals surface area contributed by atoms with Crippen molar-refractivity contribution in [2.75, 3.05) is 6.61 Å². The van der Waals surface area contributed by atoms with Crippen molar-refractivity contribution in [1.29, 1.82) is 0 Å². The molecular weight excluding hydrogens is 306 g/mol. The Morgan fingerprint density at radius 2 is 2.00 bits per heavy atom. The highest BCUT2D eigenvalue weighted by atomic mass is 79.9. The molecule has 1 aromatic carbocycles. The summed E-state index contributed by atoms with van der Waals surface area (Å²) < 4.78 is 6.69. The van der Waals surface area contributed by atoms with Crippen molar-refractivity contribution < 1.29 is 9.84 Å². The second-order valence-electron chi connectivity index (χ2n) is 4.31. The summed E-state index contributed by atoms with van der Waals surface area (Å²) in [4.78, 5) is 3.98. The van der Waals surface area contributed by atoms with Gasteiger partial charge in [0.05, 0.1) is 12.7 Å². The quantitative estimate of drug-likeness (QED) is 0.916. The summed E-state index contributed by atoms with van der Waals surface area (Å²) in [5, 5.41) is 9.74. The topological polar surface area (TPSA) is 42.4 Å². The van der Waals surface area contributed by atoms with Gasteiger partial charge >= 0.3 is 0 Å². The molecule has 2 aromatic rings. The number of aliphatic hydroxyl groups excluding tert-OH is 1. The molecule has 0 bridgehead atoms. The van der Waals surface area contributed by atoms with Crippen LogP contribution in [-0.4, -0.2) is 16.7 Å². The van der Waals surface area contributed by atoms with Crippen LogP contribution in [0.15, 0.2) is 47.2 Å². The number of rotatable bonds is 5. The monoisotopic (exact) mass is 321 g/mol. The van der Waals surface area contributed by atoms with E-state index < -0.39 is 6.10 Å². The number of ether oxygens (including phenoxy) is 1. The van der Waals surface area contributed by atoms with Crippen LogP contribution in [0.25, 0.3) is 0 Å². The van der Waals surface area contributed by atoms with Crippen LogP contribution < -0.4 is 4.74 Å². The molecule has 0 amide bonds. The SMILES string of the molecule is C[C@@H](O)c1cc(Br)ccc1OCCc1ccncc1. The summed E-state index contributed by atoms with van der Waals surface area (Å²) in [6.07, 6.45) is 3.82. The van der Waals surface area contributed by atoms with Gasteiger partial charge in [-0.05, 0) is 42.8 Å². The lowest BCUT2D eigenvalue weighted by molar-refractivity contribution is 0.191. The molecule has 4 heteroatoms. The number of nitrogens with zero attached hydrogens (tertiary/aromatic N) is 1. The maximum absolute atomic E-state index is 9.74. The van der Waals surface area contributed by atoms with E-state index in [1.807, 2.05) is 30.3 Å². The molecule has 0 saturated carbocycles. The van der Waals surface area contributed by atoms with Gasteiger partial charge in [0.25, 0.3) is 0 Å². The summed E-state index contributed by atoms with van der Waals surface area (Å²) in [5.41, 5.74) is 1.98. The third-order valence-corrected chi connectivity index (χ3v) is 3.31. The first-order chi connectivity index (χ1) is 9.16. The van der Waals surface area contributed by atoms with Crippen molar-refractivity contribution >= 4 is 15.9 Å². The summed E-state index contributed by atoms with van der Waals surface area (Å²) in [7, 11) is 0. The van der Waals surface area contributed by atoms with E-state index in [2.05, 4.69) is 20.9 Å². The normalized spacial score (nSPS) is 12.2. The number of aromatic nitrogens is 1. The summed E-state index contributed by atoms with van der Waals surface area (Å²) in [5.74, 6) is 0.729. The lowest BCUT2D eigenvalue weighted by atomic mass is 10.1. The molecule has 0 aliphatic carbocycles. The molecule has 2 rings (SSSR count). The van der Waals surface area contributed by atoms with Crippen LogP contribution in [0.5, 0.6) is 5.75 Å². The standard InChI is InChI=1S/C15H16BrNO2/c1-11(18)14-10-13(16)2-3-15(14)19-9-6-12-4-7-17-8-5-12/h2-5,7-8,10-11,18H,6,9H2,1H3/t11-/m1/s1. The van der Waals surface area contributed by atoms with Crippen molar-refractivity contribution in [3.63, 3.8) is 0 Å². The predicted molar refractivity (Wildman–Crippen MR) is 78.2 cm³/mol. The van der Waals surface area contributed by atoms with Crippen LogP contribution in [0.4, 0.5) is 0 Å². The first-order valence-corrected chi connectivity index (χ1v) is 6.95. The van der Waals surface area contributed by atoms with Crippen LogP contribution in [0.1, 0.15) is 24.2 Å². The second kappa shape index (κ2) is 6.68. The average Bonchev–Trinajstić information content (AvgIpc) is 2.41. The Hall–Kier alpha value is -1.39. The molecular formula is C15H16BrNO2. The molecule has 0 spiro atoms. The molecule has 19 heavy (non-hydrogen) atoms. The Morgan fingerprint density at radius 1 is 1.26 bits per heavy atom. The van der Waals surface area contributed by atoms with Gasteiger partial charge in [-0.1, -0.05) is 15.9 Å². The number of halogens is 1. The van der Waals surface area contributed by atoms with Gasteiger partial charge in [-0.3, -0.25) is 4.98 Å². The van der Waals surface area contributed by atoms with E-state index in [0.717, 1.165) is 22.2 Å². The molecule has 0 aliphatic rings. The summed E-state index contributed by atoms with van der Waals surface area (Å²) >= 11 is 3.40. The van der Waals surface area contributed by atoms with Crippen molar-refractivity contribution in [3.05, 3.63) is 58.3 Å². The molecule has 1 atom stereocenters. The Labute approximate surface area is 121 Å². The van der Waals surface area contributed by atoms with Gasteiger partial charge in [-0.2, -0.15) is 0 Å². The minimum atomic E-state index is -0.548. The van der Waals surface area contributed by atoms with E-state index in [9.17, 15) is 5.11 Å². The fourth-order valence-corrected chi connectivity index (χ4v) is 2.18. The fraction of sp³-hybridized carbons (Fsp3) is 0.267. The van der Waals surface area contributed by atoms with Gasteiger partial charge < -0.3 is 9.84 Å². The first-order valence-electron chi connectivity index (χ1n) is 6.16. The van der Waals surface area contributed by atoms with Crippen LogP contribution in [0.2, 0.25) is 0 Å². The zero-order valence-electron chi connectivity index (χ0n) is 10.7. The van der Waals surface area contributed by atoms with E-state index in [1.165, 1.54) is 5.56 Å². The van der Waals surface area contributed by atoms with E-state index >= 15 is 0 Å². The summed E-state index contributed by atoms with van der Waals surface area (Å²) in [6, 6.07) is 9.61. The average molecular weight is 322 g/mol. The van der Waals surface area contributed by atoms with E-state index in [0.29, 0.717) is 6.61 Å². The number of hydrogen-bond donors (Lipinski definition) is 1. The molecule has 1 aromatic heterocycles. The number of aliphatic hydroxyl groups is 1. The number of hydrogen-bond acceptors (Lipinski definition) is 3. The third kappa shape index (κ3) is 4.04. The number of benzene rings is 1. The Bertz CT molecular complexity index is 529. The molecule has 0 saturated heterocycles. The third-order valence-electron chi connectivity index (χ3n) is 2.82. The molecule has 3 nitrogen and oxygen atoms in total. The Morgan fingerprint density at radius 3 is 2.68 bits per heavy atom. The van der Waals surface area contributed by atoms with E-state index in [-0.39, 0.29) is 0 Å². The Balaban J connectivity index is 2.00. The smallest absolute Gasteiger partial charge is 0.125 e. The lowest BCUT2D eigenvalue weighted by Crippen LogP contribution is -2.05. The maximum atomic E-state index is 9.74. The van der Waals surface area contributed by atoms with Crippen LogP contribution in [0, 0.1) is 0 Å². The van der Waals surface area contributed by atoms with E-state index in [4.69, 9.17) is 4.74 Å². The molecule has 1 heterocycles. The van der Waals surface area contributed by atoms with Crippen molar-refractivity contribution in [1.82, 2.24) is 4.98 Å². The van der Waals surface area contributed by atoms with Gasteiger partial charge in [0.15, 0.2) is 0 Å². The molecule has 100 valence electrons. The minimum absolute atomic E-state index is 0.548. The zero-order valence-corrected chi connectivity index (χ0v) is 12.3. The largest absolute Gasteiger partial charge is 0.493 e. The number of pyridine rings is 1. The van der Waals surface area contributed by atoms with Gasteiger partial charge in [-0.25, -0.2) is 0 Å². The lowest BCUT2D eigenvalue weighted by Gasteiger charge is -2.14.